The lowest BCUT2D eigenvalue weighted by Gasteiger charge is -2.47. The summed E-state index contributed by atoms with van der Waals surface area (Å²) in [4.78, 5) is 24.1. The van der Waals surface area contributed by atoms with Crippen molar-refractivity contribution in [3.63, 3.8) is 0 Å². The number of methoxy groups -OCH3 is 1. The lowest BCUT2D eigenvalue weighted by Crippen LogP contribution is -2.57. The van der Waals surface area contributed by atoms with Gasteiger partial charge in [0, 0.05) is 35.1 Å². The Morgan fingerprint density at radius 3 is 2.29 bits per heavy atom. The van der Waals surface area contributed by atoms with Crippen molar-refractivity contribution in [3.8, 4) is 11.5 Å². The number of ether oxygens (including phenoxy) is 2. The van der Waals surface area contributed by atoms with Gasteiger partial charge in [-0.05, 0) is 49.8 Å². The molecule has 0 aromatic heterocycles. The molecule has 0 fully saturated rings. The molecule has 9 nitrogen and oxygen atoms in total. The van der Waals surface area contributed by atoms with E-state index < -0.39 is 21.0 Å². The predicted molar refractivity (Wildman–Crippen MR) is 127 cm³/mol. The smallest absolute Gasteiger partial charge is 0.274 e. The third-order valence-corrected chi connectivity index (χ3v) is 6.59. The van der Waals surface area contributed by atoms with E-state index in [1.165, 1.54) is 25.3 Å². The number of hydrogen-bond donors (Lipinski definition) is 0. The molecular formula is C25H21N3O6. The number of nitro groups is 2. The van der Waals surface area contributed by atoms with Gasteiger partial charge in [0.25, 0.3) is 11.4 Å². The number of fused-ring (bicyclic) bond motifs is 2. The minimum absolute atomic E-state index is 0.00900. The van der Waals surface area contributed by atoms with Crippen molar-refractivity contribution in [1.82, 2.24) is 0 Å². The number of rotatable bonds is 4. The van der Waals surface area contributed by atoms with Crippen LogP contribution in [-0.2, 0) is 5.41 Å². The van der Waals surface area contributed by atoms with Crippen molar-refractivity contribution in [2.24, 2.45) is 0 Å². The second-order valence-electron chi connectivity index (χ2n) is 8.71. The third-order valence-electron chi connectivity index (χ3n) is 6.59. The predicted octanol–water partition coefficient (Wildman–Crippen LogP) is 5.74. The summed E-state index contributed by atoms with van der Waals surface area (Å²) in [6.07, 6.45) is 3.64. The van der Waals surface area contributed by atoms with Crippen molar-refractivity contribution >= 4 is 28.8 Å². The standard InChI is InChI=1S/C25H21N3O6/c1-24(2)20-14-18(27(29)30)9-10-21(20)26(17-7-5-4-6-8-17)25(24)12-11-16-13-19(28(31)32)15-22(33-3)23(16)34-25/h4-15H,1-3H3. The largest absolute Gasteiger partial charge is 0.493 e. The molecule has 0 radical (unpaired) electrons. The van der Waals surface area contributed by atoms with Crippen LogP contribution in [0.5, 0.6) is 11.5 Å². The fourth-order valence-electron chi connectivity index (χ4n) is 4.84. The van der Waals surface area contributed by atoms with Crippen LogP contribution in [0.3, 0.4) is 0 Å². The molecule has 2 heterocycles. The third kappa shape index (κ3) is 2.86. The van der Waals surface area contributed by atoms with E-state index in [0.717, 1.165) is 16.9 Å². The number of benzene rings is 3. The Morgan fingerprint density at radius 2 is 1.65 bits per heavy atom. The van der Waals surface area contributed by atoms with Crippen molar-refractivity contribution in [2.75, 3.05) is 12.0 Å². The summed E-state index contributed by atoms with van der Waals surface area (Å²) in [5.74, 6) is 0.602. The highest BCUT2D eigenvalue weighted by Gasteiger charge is 2.60. The number of para-hydroxylation sites is 1. The van der Waals surface area contributed by atoms with Gasteiger partial charge in [-0.1, -0.05) is 18.2 Å². The molecular weight excluding hydrogens is 438 g/mol. The van der Waals surface area contributed by atoms with Crippen LogP contribution in [0.2, 0.25) is 0 Å². The van der Waals surface area contributed by atoms with Crippen molar-refractivity contribution in [2.45, 2.75) is 25.0 Å². The summed E-state index contributed by atoms with van der Waals surface area (Å²) in [7, 11) is 1.43. The molecule has 9 heteroatoms. The Balaban J connectivity index is 1.77. The molecule has 1 atom stereocenters. The van der Waals surface area contributed by atoms with Gasteiger partial charge in [-0.25, -0.2) is 0 Å². The summed E-state index contributed by atoms with van der Waals surface area (Å²) in [6, 6.07) is 17.2. The van der Waals surface area contributed by atoms with Gasteiger partial charge >= 0.3 is 0 Å². The molecule has 3 aromatic rings. The fraction of sp³-hybridized carbons (Fsp3) is 0.200. The summed E-state index contributed by atoms with van der Waals surface area (Å²) >= 11 is 0. The first-order chi connectivity index (χ1) is 16.2. The molecule has 5 rings (SSSR count). The Morgan fingerprint density at radius 1 is 0.941 bits per heavy atom. The Bertz CT molecular complexity index is 1370. The van der Waals surface area contributed by atoms with Gasteiger partial charge in [0.15, 0.2) is 11.5 Å². The van der Waals surface area contributed by atoms with Gasteiger partial charge < -0.3 is 9.47 Å². The zero-order valence-corrected chi connectivity index (χ0v) is 18.7. The highest BCUT2D eigenvalue weighted by molar-refractivity contribution is 5.81. The van der Waals surface area contributed by atoms with Gasteiger partial charge in [-0.2, -0.15) is 0 Å². The maximum atomic E-state index is 11.5. The van der Waals surface area contributed by atoms with Gasteiger partial charge in [-0.15, -0.1) is 0 Å². The van der Waals surface area contributed by atoms with Crippen molar-refractivity contribution in [1.29, 1.82) is 0 Å². The number of nitrogens with zero attached hydrogens (tertiary/aromatic N) is 3. The molecule has 3 aromatic carbocycles. The van der Waals surface area contributed by atoms with Gasteiger partial charge in [0.2, 0.25) is 5.72 Å². The van der Waals surface area contributed by atoms with Crippen LogP contribution in [-0.4, -0.2) is 22.7 Å². The molecule has 172 valence electrons. The molecule has 34 heavy (non-hydrogen) atoms. The van der Waals surface area contributed by atoms with E-state index in [4.69, 9.17) is 9.47 Å². The lowest BCUT2D eigenvalue weighted by atomic mass is 9.76. The zero-order valence-electron chi connectivity index (χ0n) is 18.7. The van der Waals surface area contributed by atoms with E-state index in [0.29, 0.717) is 11.3 Å². The number of nitro benzene ring substituents is 2. The van der Waals surface area contributed by atoms with Crippen LogP contribution in [0.25, 0.3) is 6.08 Å². The second kappa shape index (κ2) is 7.31. The lowest BCUT2D eigenvalue weighted by molar-refractivity contribution is -0.385. The molecule has 2 aliphatic rings. The van der Waals surface area contributed by atoms with Crippen LogP contribution in [0.1, 0.15) is 25.0 Å². The summed E-state index contributed by atoms with van der Waals surface area (Å²) in [6.45, 7) is 3.93. The van der Waals surface area contributed by atoms with Crippen LogP contribution in [0.4, 0.5) is 22.7 Å². The Hall–Kier alpha value is -4.40. The van der Waals surface area contributed by atoms with E-state index in [-0.39, 0.29) is 17.1 Å². The van der Waals surface area contributed by atoms with E-state index >= 15 is 0 Å². The number of anilines is 2. The maximum Gasteiger partial charge on any atom is 0.274 e. The SMILES string of the molecule is COc1cc([N+](=O)[O-])cc2c1OC1(C=C2)N(c2ccccc2)c2ccc([N+](=O)[O-])cc2C1(C)C. The van der Waals surface area contributed by atoms with Crippen molar-refractivity contribution < 1.29 is 19.3 Å². The fourth-order valence-corrected chi connectivity index (χ4v) is 4.84. The summed E-state index contributed by atoms with van der Waals surface area (Å²) in [5.41, 5.74) is 0.873. The normalized spacial score (nSPS) is 19.3. The minimum atomic E-state index is -1.12. The average molecular weight is 459 g/mol. The molecule has 0 N–H and O–H groups in total. The minimum Gasteiger partial charge on any atom is -0.493 e. The number of non-ortho nitro benzene ring substituents is 2. The van der Waals surface area contributed by atoms with E-state index in [2.05, 4.69) is 0 Å². The van der Waals surface area contributed by atoms with Crippen LogP contribution < -0.4 is 14.4 Å². The van der Waals surface area contributed by atoms with Gasteiger partial charge in [0.05, 0.1) is 28.4 Å². The topological polar surface area (TPSA) is 108 Å². The summed E-state index contributed by atoms with van der Waals surface area (Å²) < 4.78 is 12.2. The van der Waals surface area contributed by atoms with E-state index in [9.17, 15) is 20.2 Å². The number of hydrogen-bond acceptors (Lipinski definition) is 7. The van der Waals surface area contributed by atoms with E-state index in [1.807, 2.05) is 55.2 Å². The molecule has 1 unspecified atom stereocenters. The van der Waals surface area contributed by atoms with Gasteiger partial charge in [0.1, 0.15) is 0 Å². The van der Waals surface area contributed by atoms with Crippen LogP contribution in [0, 0.1) is 20.2 Å². The molecule has 0 saturated carbocycles. The Kier molecular flexibility index (Phi) is 4.61. The molecule has 2 aliphatic heterocycles. The molecule has 1 spiro atoms. The highest BCUT2D eigenvalue weighted by atomic mass is 16.6. The first-order valence-electron chi connectivity index (χ1n) is 10.6. The first-order valence-corrected chi connectivity index (χ1v) is 10.6. The van der Waals surface area contributed by atoms with E-state index in [1.54, 1.807) is 18.2 Å². The monoisotopic (exact) mass is 459 g/mol. The second-order valence-corrected chi connectivity index (χ2v) is 8.71. The molecule has 0 amide bonds. The van der Waals surface area contributed by atoms with Crippen LogP contribution in [0.15, 0.2) is 66.7 Å². The molecule has 0 aliphatic carbocycles. The maximum absolute atomic E-state index is 11.5. The zero-order chi connectivity index (χ0) is 24.3. The van der Waals surface area contributed by atoms with Gasteiger partial charge in [-0.3, -0.25) is 25.1 Å². The van der Waals surface area contributed by atoms with Crippen molar-refractivity contribution in [3.05, 3.63) is 98.1 Å². The molecule has 0 bridgehead atoms. The summed E-state index contributed by atoms with van der Waals surface area (Å²) in [5, 5.41) is 22.9. The highest BCUT2D eigenvalue weighted by Crippen LogP contribution is 2.59. The van der Waals surface area contributed by atoms with Crippen LogP contribution >= 0.6 is 0 Å². The molecule has 0 saturated heterocycles. The Labute approximate surface area is 195 Å². The quantitative estimate of drug-likeness (QED) is 0.361. The average Bonchev–Trinajstić information content (AvgIpc) is 3.01. The first kappa shape index (κ1) is 21.4.